The van der Waals surface area contributed by atoms with E-state index in [4.69, 9.17) is 15.6 Å². The van der Waals surface area contributed by atoms with E-state index in [1.165, 1.54) is 0 Å². The van der Waals surface area contributed by atoms with Gasteiger partial charge in [-0.05, 0) is 43.4 Å². The first kappa shape index (κ1) is 15.5. The van der Waals surface area contributed by atoms with Gasteiger partial charge in [-0.15, -0.1) is 0 Å². The molecule has 0 saturated carbocycles. The van der Waals surface area contributed by atoms with Gasteiger partial charge in [0.05, 0.1) is 6.61 Å². The van der Waals surface area contributed by atoms with Crippen molar-refractivity contribution < 1.29 is 14.6 Å². The molecule has 19 heavy (non-hydrogen) atoms. The lowest BCUT2D eigenvalue weighted by molar-refractivity contribution is -0.143. The summed E-state index contributed by atoms with van der Waals surface area (Å²) in [6.45, 7) is 0.716. The highest BCUT2D eigenvalue weighted by Crippen LogP contribution is 2.08. The fourth-order valence-corrected chi connectivity index (χ4v) is 1.76. The van der Waals surface area contributed by atoms with Gasteiger partial charge in [-0.3, -0.25) is 4.79 Å². The van der Waals surface area contributed by atoms with Crippen LogP contribution in [0, 0.1) is 0 Å². The lowest BCUT2D eigenvalue weighted by atomic mass is 10.1. The first-order chi connectivity index (χ1) is 9.22. The number of aryl methyl sites for hydroxylation is 1. The highest BCUT2D eigenvalue weighted by Gasteiger charge is 2.03. The van der Waals surface area contributed by atoms with E-state index in [0.717, 1.165) is 36.9 Å². The number of esters is 1. The molecule has 0 radical (unpaired) electrons. The van der Waals surface area contributed by atoms with Crippen molar-refractivity contribution in [1.82, 2.24) is 0 Å². The van der Waals surface area contributed by atoms with Crippen molar-refractivity contribution in [2.24, 2.45) is 0 Å². The number of aliphatic hydroxyl groups is 1. The normalized spacial score (nSPS) is 10.4. The number of ether oxygens (including phenoxy) is 1. The monoisotopic (exact) mass is 265 g/mol. The third kappa shape index (κ3) is 7.47. The Hall–Kier alpha value is -1.55. The minimum atomic E-state index is -0.154. The predicted molar refractivity (Wildman–Crippen MR) is 75.7 cm³/mol. The van der Waals surface area contributed by atoms with Gasteiger partial charge in [0.1, 0.15) is 0 Å². The number of hydrogen-bond donors (Lipinski definition) is 2. The number of nitrogen functional groups attached to an aromatic ring is 1. The Morgan fingerprint density at radius 1 is 1.11 bits per heavy atom. The average molecular weight is 265 g/mol. The summed E-state index contributed by atoms with van der Waals surface area (Å²) < 4.78 is 5.14. The second-order valence-electron chi connectivity index (χ2n) is 4.60. The van der Waals surface area contributed by atoms with Crippen molar-refractivity contribution in [2.75, 3.05) is 18.9 Å². The number of aliphatic hydroxyl groups excluding tert-OH is 1. The molecule has 1 aromatic carbocycles. The molecule has 0 unspecified atom stereocenters. The van der Waals surface area contributed by atoms with Gasteiger partial charge < -0.3 is 15.6 Å². The Kier molecular flexibility index (Phi) is 7.66. The molecule has 4 nitrogen and oxygen atoms in total. The molecule has 0 heterocycles. The van der Waals surface area contributed by atoms with Crippen molar-refractivity contribution >= 4 is 11.7 Å². The molecule has 1 aromatic rings. The summed E-state index contributed by atoms with van der Waals surface area (Å²) in [6.07, 6.45) is 4.76. The molecular formula is C15H23NO3. The van der Waals surface area contributed by atoms with Gasteiger partial charge in [-0.1, -0.05) is 18.6 Å². The molecule has 0 amide bonds. The number of carbonyl (C=O) groups excluding carboxylic acids is 1. The zero-order chi connectivity index (χ0) is 13.9. The van der Waals surface area contributed by atoms with Crippen molar-refractivity contribution in [1.29, 1.82) is 0 Å². The summed E-state index contributed by atoms with van der Waals surface area (Å²) in [6, 6.07) is 7.53. The number of hydrogen-bond acceptors (Lipinski definition) is 4. The molecule has 0 saturated heterocycles. The zero-order valence-electron chi connectivity index (χ0n) is 11.3. The van der Waals surface area contributed by atoms with E-state index in [2.05, 4.69) is 0 Å². The van der Waals surface area contributed by atoms with Crippen LogP contribution in [0.15, 0.2) is 24.3 Å². The third-order valence-corrected chi connectivity index (χ3v) is 2.91. The summed E-state index contributed by atoms with van der Waals surface area (Å²) in [7, 11) is 0. The van der Waals surface area contributed by atoms with E-state index >= 15 is 0 Å². The Labute approximate surface area is 114 Å². The summed E-state index contributed by atoms with van der Waals surface area (Å²) >= 11 is 0. The van der Waals surface area contributed by atoms with Crippen LogP contribution in [0.1, 0.15) is 37.7 Å². The second kappa shape index (κ2) is 9.39. The highest BCUT2D eigenvalue weighted by molar-refractivity contribution is 5.69. The van der Waals surface area contributed by atoms with Gasteiger partial charge in [-0.25, -0.2) is 0 Å². The lowest BCUT2D eigenvalue weighted by Crippen LogP contribution is -2.07. The van der Waals surface area contributed by atoms with Crippen molar-refractivity contribution in [3.8, 4) is 0 Å². The predicted octanol–water partition coefficient (Wildman–Crippen LogP) is 2.30. The van der Waals surface area contributed by atoms with Crippen LogP contribution in [-0.4, -0.2) is 24.3 Å². The second-order valence-corrected chi connectivity index (χ2v) is 4.60. The smallest absolute Gasteiger partial charge is 0.306 e. The van der Waals surface area contributed by atoms with Gasteiger partial charge in [0, 0.05) is 18.7 Å². The van der Waals surface area contributed by atoms with E-state index in [1.807, 2.05) is 24.3 Å². The Morgan fingerprint density at radius 2 is 1.79 bits per heavy atom. The van der Waals surface area contributed by atoms with E-state index in [9.17, 15) is 4.79 Å². The summed E-state index contributed by atoms with van der Waals surface area (Å²) in [5, 5.41) is 8.61. The molecule has 0 aliphatic rings. The van der Waals surface area contributed by atoms with Crippen LogP contribution in [0.2, 0.25) is 0 Å². The maximum absolute atomic E-state index is 11.5. The fraction of sp³-hybridized carbons (Fsp3) is 0.533. The average Bonchev–Trinajstić information content (AvgIpc) is 2.42. The van der Waals surface area contributed by atoms with E-state index in [-0.39, 0.29) is 12.6 Å². The third-order valence-electron chi connectivity index (χ3n) is 2.91. The number of unbranched alkanes of at least 4 members (excludes halogenated alkanes) is 3. The minimum absolute atomic E-state index is 0.154. The van der Waals surface area contributed by atoms with Crippen LogP contribution in [0.3, 0.4) is 0 Å². The van der Waals surface area contributed by atoms with Crippen molar-refractivity contribution in [2.45, 2.75) is 38.5 Å². The van der Waals surface area contributed by atoms with Gasteiger partial charge >= 0.3 is 5.97 Å². The molecule has 3 N–H and O–H groups in total. The van der Waals surface area contributed by atoms with Crippen LogP contribution in [0.25, 0.3) is 0 Å². The Bertz CT molecular complexity index is 362. The number of carbonyl (C=O) groups is 1. The summed E-state index contributed by atoms with van der Waals surface area (Å²) in [5.74, 6) is -0.154. The number of nitrogens with two attached hydrogens (primary N) is 1. The van der Waals surface area contributed by atoms with Crippen LogP contribution in [-0.2, 0) is 16.0 Å². The SMILES string of the molecule is Nc1ccc(CCC(=O)OCCCCCCO)cc1. The van der Waals surface area contributed by atoms with E-state index < -0.39 is 0 Å². The molecule has 0 spiro atoms. The standard InChI is InChI=1S/C15H23NO3/c16-14-8-5-13(6-9-14)7-10-15(18)19-12-4-2-1-3-11-17/h5-6,8-9,17H,1-4,7,10-12,16H2. The molecule has 0 aliphatic carbocycles. The van der Waals surface area contributed by atoms with Crippen LogP contribution in [0.4, 0.5) is 5.69 Å². The molecule has 4 heteroatoms. The number of anilines is 1. The van der Waals surface area contributed by atoms with Crippen LogP contribution in [0.5, 0.6) is 0 Å². The van der Waals surface area contributed by atoms with E-state index in [1.54, 1.807) is 0 Å². The first-order valence-corrected chi connectivity index (χ1v) is 6.83. The molecule has 106 valence electrons. The largest absolute Gasteiger partial charge is 0.466 e. The molecular weight excluding hydrogens is 242 g/mol. The first-order valence-electron chi connectivity index (χ1n) is 6.83. The Balaban J connectivity index is 2.06. The number of benzene rings is 1. The maximum atomic E-state index is 11.5. The Morgan fingerprint density at radius 3 is 2.47 bits per heavy atom. The minimum Gasteiger partial charge on any atom is -0.466 e. The van der Waals surface area contributed by atoms with Gasteiger partial charge in [-0.2, -0.15) is 0 Å². The zero-order valence-corrected chi connectivity index (χ0v) is 11.3. The quantitative estimate of drug-likeness (QED) is 0.408. The molecule has 1 rings (SSSR count). The van der Waals surface area contributed by atoms with Gasteiger partial charge in [0.15, 0.2) is 0 Å². The van der Waals surface area contributed by atoms with E-state index in [0.29, 0.717) is 19.4 Å². The van der Waals surface area contributed by atoms with Crippen LogP contribution >= 0.6 is 0 Å². The molecule has 0 fully saturated rings. The molecule has 0 aromatic heterocycles. The molecule has 0 atom stereocenters. The summed E-state index contributed by atoms with van der Waals surface area (Å²) in [4.78, 5) is 11.5. The van der Waals surface area contributed by atoms with Crippen LogP contribution < -0.4 is 5.73 Å². The van der Waals surface area contributed by atoms with Crippen molar-refractivity contribution in [3.05, 3.63) is 29.8 Å². The van der Waals surface area contributed by atoms with Crippen molar-refractivity contribution in [3.63, 3.8) is 0 Å². The lowest BCUT2D eigenvalue weighted by Gasteiger charge is -2.05. The highest BCUT2D eigenvalue weighted by atomic mass is 16.5. The number of rotatable bonds is 9. The van der Waals surface area contributed by atoms with Gasteiger partial charge in [0.25, 0.3) is 0 Å². The fourth-order valence-electron chi connectivity index (χ4n) is 1.76. The molecule has 0 bridgehead atoms. The topological polar surface area (TPSA) is 72.6 Å². The molecule has 0 aliphatic heterocycles. The van der Waals surface area contributed by atoms with Gasteiger partial charge in [0.2, 0.25) is 0 Å². The maximum Gasteiger partial charge on any atom is 0.306 e. The summed E-state index contributed by atoms with van der Waals surface area (Å²) in [5.41, 5.74) is 7.41.